The van der Waals surface area contributed by atoms with Crippen molar-refractivity contribution in [2.45, 2.75) is 5.25 Å². The fourth-order valence-electron chi connectivity index (χ4n) is 2.68. The van der Waals surface area contributed by atoms with Gasteiger partial charge in [-0.1, -0.05) is 30.3 Å². The number of thioether (sulfide) groups is 1. The minimum absolute atomic E-state index is 0.00840. The lowest BCUT2D eigenvalue weighted by molar-refractivity contribution is -0.138. The van der Waals surface area contributed by atoms with Crippen molar-refractivity contribution in [3.05, 3.63) is 35.9 Å². The van der Waals surface area contributed by atoms with Gasteiger partial charge in [0.05, 0.1) is 11.8 Å². The molecule has 2 amide bonds. The maximum absolute atomic E-state index is 12.1. The molecule has 1 aromatic carbocycles. The van der Waals surface area contributed by atoms with Crippen LogP contribution in [-0.4, -0.2) is 29.5 Å². The predicted octanol–water partition coefficient (Wildman–Crippen LogP) is 1.71. The maximum Gasteiger partial charge on any atom is 0.234 e. The van der Waals surface area contributed by atoms with E-state index in [1.807, 2.05) is 30.3 Å². The summed E-state index contributed by atoms with van der Waals surface area (Å²) in [6.45, 7) is 0. The highest BCUT2D eigenvalue weighted by molar-refractivity contribution is 7.99. The third kappa shape index (κ3) is 1.51. The molecule has 3 rings (SSSR count). The summed E-state index contributed by atoms with van der Waals surface area (Å²) in [5.41, 5.74) is 1.15. The number of imide groups is 1. The molecule has 2 heterocycles. The molecule has 0 bridgehead atoms. The average molecular weight is 247 g/mol. The quantitative estimate of drug-likeness (QED) is 0.709. The zero-order valence-corrected chi connectivity index (χ0v) is 10.3. The first-order chi connectivity index (χ1) is 8.20. The molecule has 0 aromatic heterocycles. The molecule has 2 aliphatic rings. The van der Waals surface area contributed by atoms with Crippen molar-refractivity contribution < 1.29 is 9.59 Å². The zero-order chi connectivity index (χ0) is 12.0. The van der Waals surface area contributed by atoms with Gasteiger partial charge in [-0.05, 0) is 5.56 Å². The van der Waals surface area contributed by atoms with Crippen molar-refractivity contribution in [2.24, 2.45) is 11.8 Å². The summed E-state index contributed by atoms with van der Waals surface area (Å²) in [7, 11) is 1.59. The van der Waals surface area contributed by atoms with Crippen LogP contribution in [0.4, 0.5) is 0 Å². The van der Waals surface area contributed by atoms with Gasteiger partial charge < -0.3 is 0 Å². The number of rotatable bonds is 1. The summed E-state index contributed by atoms with van der Waals surface area (Å²) in [4.78, 5) is 25.2. The van der Waals surface area contributed by atoms with E-state index in [0.717, 1.165) is 11.3 Å². The lowest BCUT2D eigenvalue weighted by Gasteiger charge is -2.16. The zero-order valence-electron chi connectivity index (χ0n) is 9.50. The summed E-state index contributed by atoms with van der Waals surface area (Å²) >= 11 is 1.73. The van der Waals surface area contributed by atoms with Crippen molar-refractivity contribution in [1.29, 1.82) is 0 Å². The van der Waals surface area contributed by atoms with Gasteiger partial charge in [-0.3, -0.25) is 14.5 Å². The van der Waals surface area contributed by atoms with Crippen LogP contribution >= 0.6 is 11.8 Å². The van der Waals surface area contributed by atoms with E-state index < -0.39 is 0 Å². The first-order valence-corrected chi connectivity index (χ1v) is 6.73. The molecule has 0 spiro atoms. The normalized spacial score (nSPS) is 32.1. The van der Waals surface area contributed by atoms with Crippen LogP contribution in [0.15, 0.2) is 30.3 Å². The fourth-order valence-corrected chi connectivity index (χ4v) is 4.31. The molecule has 0 N–H and O–H groups in total. The summed E-state index contributed by atoms with van der Waals surface area (Å²) in [5, 5.41) is 0.141. The lowest BCUT2D eigenvalue weighted by Crippen LogP contribution is -2.27. The Morgan fingerprint density at radius 1 is 1.18 bits per heavy atom. The highest BCUT2D eigenvalue weighted by atomic mass is 32.2. The molecule has 88 valence electrons. The van der Waals surface area contributed by atoms with Crippen molar-refractivity contribution in [3.8, 4) is 0 Å². The summed E-state index contributed by atoms with van der Waals surface area (Å²) in [6.07, 6.45) is 0. The number of amides is 2. The molecule has 4 heteroatoms. The molecule has 0 aliphatic carbocycles. The third-order valence-corrected chi connectivity index (χ3v) is 5.08. The van der Waals surface area contributed by atoms with Gasteiger partial charge >= 0.3 is 0 Å². The molecule has 2 aliphatic heterocycles. The Kier molecular flexibility index (Phi) is 2.47. The van der Waals surface area contributed by atoms with Gasteiger partial charge in [0.2, 0.25) is 11.8 Å². The first kappa shape index (κ1) is 10.8. The number of carbonyl (C=O) groups is 2. The van der Waals surface area contributed by atoms with E-state index in [9.17, 15) is 9.59 Å². The van der Waals surface area contributed by atoms with Gasteiger partial charge in [0.25, 0.3) is 0 Å². The number of carbonyl (C=O) groups excluding carboxylic acids is 2. The van der Waals surface area contributed by atoms with Crippen LogP contribution < -0.4 is 0 Å². The van der Waals surface area contributed by atoms with E-state index in [0.29, 0.717) is 0 Å². The number of likely N-dealkylation sites (tertiary alicyclic amines) is 1. The Balaban J connectivity index is 1.96. The smallest absolute Gasteiger partial charge is 0.234 e. The molecule has 0 saturated carbocycles. The highest BCUT2D eigenvalue weighted by Gasteiger charge is 2.53. The Bertz CT molecular complexity index is 474. The molecule has 0 radical (unpaired) electrons. The Labute approximate surface area is 104 Å². The molecule has 3 atom stereocenters. The van der Waals surface area contributed by atoms with Gasteiger partial charge in [0, 0.05) is 18.1 Å². The van der Waals surface area contributed by atoms with E-state index in [1.54, 1.807) is 18.8 Å². The second kappa shape index (κ2) is 3.88. The molecule has 17 heavy (non-hydrogen) atoms. The molecule has 1 aromatic rings. The van der Waals surface area contributed by atoms with Crippen LogP contribution in [0.5, 0.6) is 0 Å². The Morgan fingerprint density at radius 2 is 1.88 bits per heavy atom. The number of nitrogens with zero attached hydrogens (tertiary/aromatic N) is 1. The van der Waals surface area contributed by atoms with Gasteiger partial charge in [-0.25, -0.2) is 0 Å². The SMILES string of the molecule is CN1C(=O)[C@H]2[C@@H](c3ccccc3)SC[C@H]2C1=O. The van der Waals surface area contributed by atoms with Crippen LogP contribution in [0.2, 0.25) is 0 Å². The van der Waals surface area contributed by atoms with E-state index in [2.05, 4.69) is 0 Å². The van der Waals surface area contributed by atoms with Gasteiger partial charge in [0.1, 0.15) is 0 Å². The van der Waals surface area contributed by atoms with Crippen molar-refractivity contribution in [2.75, 3.05) is 12.8 Å². The van der Waals surface area contributed by atoms with Crippen molar-refractivity contribution in [1.82, 2.24) is 4.90 Å². The average Bonchev–Trinajstić information content (AvgIpc) is 2.88. The second-order valence-corrected chi connectivity index (χ2v) is 5.71. The summed E-state index contributed by atoms with van der Waals surface area (Å²) < 4.78 is 0. The van der Waals surface area contributed by atoms with Crippen LogP contribution in [0.3, 0.4) is 0 Å². The topological polar surface area (TPSA) is 37.4 Å². The minimum Gasteiger partial charge on any atom is -0.285 e. The van der Waals surface area contributed by atoms with E-state index in [1.165, 1.54) is 4.90 Å². The van der Waals surface area contributed by atoms with E-state index in [4.69, 9.17) is 0 Å². The molecular formula is C13H13NO2S. The number of hydrogen-bond donors (Lipinski definition) is 0. The fraction of sp³-hybridized carbons (Fsp3) is 0.385. The van der Waals surface area contributed by atoms with Crippen LogP contribution in [0.1, 0.15) is 10.8 Å². The molecule has 0 unspecified atom stereocenters. The standard InChI is InChI=1S/C13H13NO2S/c1-14-12(15)9-7-17-11(10(9)13(14)16)8-5-3-2-4-6-8/h2-6,9-11H,7H2,1H3/t9-,10-,11-/m1/s1. The highest BCUT2D eigenvalue weighted by Crippen LogP contribution is 2.51. The Hall–Kier alpha value is -1.29. The van der Waals surface area contributed by atoms with E-state index in [-0.39, 0.29) is 28.9 Å². The number of fused-ring (bicyclic) bond motifs is 1. The van der Waals surface area contributed by atoms with Gasteiger partial charge in [0.15, 0.2) is 0 Å². The molecule has 3 nitrogen and oxygen atoms in total. The lowest BCUT2D eigenvalue weighted by atomic mass is 9.90. The Morgan fingerprint density at radius 3 is 2.59 bits per heavy atom. The summed E-state index contributed by atoms with van der Waals surface area (Å²) in [6, 6.07) is 10.0. The van der Waals surface area contributed by atoms with Crippen molar-refractivity contribution in [3.63, 3.8) is 0 Å². The molecular weight excluding hydrogens is 234 g/mol. The summed E-state index contributed by atoms with van der Waals surface area (Å²) in [5.74, 6) is 0.478. The third-order valence-electron chi connectivity index (χ3n) is 3.61. The van der Waals surface area contributed by atoms with Crippen molar-refractivity contribution >= 4 is 23.6 Å². The van der Waals surface area contributed by atoms with E-state index >= 15 is 0 Å². The van der Waals surface area contributed by atoms with Gasteiger partial charge in [-0.15, -0.1) is 0 Å². The van der Waals surface area contributed by atoms with Gasteiger partial charge in [-0.2, -0.15) is 11.8 Å². The second-order valence-electron chi connectivity index (χ2n) is 4.53. The first-order valence-electron chi connectivity index (χ1n) is 5.68. The molecule has 2 saturated heterocycles. The largest absolute Gasteiger partial charge is 0.285 e. The predicted molar refractivity (Wildman–Crippen MR) is 66.4 cm³/mol. The number of benzene rings is 1. The minimum atomic E-state index is -0.153. The van der Waals surface area contributed by atoms with Crippen LogP contribution in [-0.2, 0) is 9.59 Å². The molecule has 2 fully saturated rings. The number of hydrogen-bond acceptors (Lipinski definition) is 3. The maximum atomic E-state index is 12.1. The van der Waals surface area contributed by atoms with Crippen LogP contribution in [0, 0.1) is 11.8 Å². The monoisotopic (exact) mass is 247 g/mol. The van der Waals surface area contributed by atoms with Crippen LogP contribution in [0.25, 0.3) is 0 Å².